The van der Waals surface area contributed by atoms with E-state index in [0.29, 0.717) is 23.5 Å². The average Bonchev–Trinajstić information content (AvgIpc) is 2.13. The van der Waals surface area contributed by atoms with E-state index in [0.717, 1.165) is 6.29 Å². The fraction of sp³-hybridized carbons (Fsp3) is 0.300. The van der Waals surface area contributed by atoms with Gasteiger partial charge in [0.2, 0.25) is 0 Å². The minimum Gasteiger partial charge on any atom is -0.504 e. The third-order valence-corrected chi connectivity index (χ3v) is 1.72. The first kappa shape index (κ1) is 9.58. The number of aryl methyl sites for hydroxylation is 1. The maximum Gasteiger partial charge on any atom is 0.161 e. The first-order valence-electron chi connectivity index (χ1n) is 4.10. The second-order valence-electron chi connectivity index (χ2n) is 2.74. The van der Waals surface area contributed by atoms with Gasteiger partial charge in [-0.1, -0.05) is 0 Å². The van der Waals surface area contributed by atoms with Crippen LogP contribution < -0.4 is 4.74 Å². The van der Waals surface area contributed by atoms with Crippen molar-refractivity contribution in [2.45, 2.75) is 13.8 Å². The number of carbonyl (C=O) groups excluding carboxylic acids is 1. The highest BCUT2D eigenvalue weighted by Gasteiger charge is 2.06. The molecule has 0 aliphatic rings. The molecule has 0 aromatic heterocycles. The van der Waals surface area contributed by atoms with Crippen LogP contribution in [0.25, 0.3) is 0 Å². The molecular weight excluding hydrogens is 168 g/mol. The molecule has 0 saturated carbocycles. The maximum atomic E-state index is 10.5. The topological polar surface area (TPSA) is 46.5 Å². The van der Waals surface area contributed by atoms with Crippen molar-refractivity contribution in [1.29, 1.82) is 0 Å². The zero-order valence-electron chi connectivity index (χ0n) is 7.70. The van der Waals surface area contributed by atoms with Crippen LogP contribution in [0.4, 0.5) is 0 Å². The van der Waals surface area contributed by atoms with Gasteiger partial charge in [-0.15, -0.1) is 0 Å². The lowest BCUT2D eigenvalue weighted by Crippen LogP contribution is -1.94. The average molecular weight is 180 g/mol. The lowest BCUT2D eigenvalue weighted by atomic mass is 10.1. The normalized spacial score (nSPS) is 9.69. The van der Waals surface area contributed by atoms with Crippen LogP contribution in [-0.2, 0) is 0 Å². The summed E-state index contributed by atoms with van der Waals surface area (Å²) in [5.74, 6) is 0.469. The Morgan fingerprint density at radius 2 is 2.23 bits per heavy atom. The van der Waals surface area contributed by atoms with E-state index in [2.05, 4.69) is 0 Å². The van der Waals surface area contributed by atoms with Crippen molar-refractivity contribution >= 4 is 6.29 Å². The van der Waals surface area contributed by atoms with Gasteiger partial charge in [0.1, 0.15) is 6.29 Å². The Balaban J connectivity index is 3.16. The predicted octanol–water partition coefficient (Wildman–Crippen LogP) is 1.91. The molecule has 1 aromatic carbocycles. The minimum absolute atomic E-state index is 0.104. The Morgan fingerprint density at radius 3 is 2.77 bits per heavy atom. The summed E-state index contributed by atoms with van der Waals surface area (Å²) in [6.45, 7) is 4.02. The molecule has 1 N–H and O–H groups in total. The summed E-state index contributed by atoms with van der Waals surface area (Å²) < 4.78 is 5.15. The standard InChI is InChI=1S/C10H12O3/c1-3-13-9-5-8(6-11)4-7(2)10(9)12/h4-6,12H,3H2,1-2H3. The van der Waals surface area contributed by atoms with Crippen LogP contribution in [0.1, 0.15) is 22.8 Å². The Morgan fingerprint density at radius 1 is 1.54 bits per heavy atom. The number of aromatic hydroxyl groups is 1. The van der Waals surface area contributed by atoms with Crippen LogP contribution in [0.3, 0.4) is 0 Å². The monoisotopic (exact) mass is 180 g/mol. The summed E-state index contributed by atoms with van der Waals surface area (Å²) in [5.41, 5.74) is 1.16. The van der Waals surface area contributed by atoms with Crippen LogP contribution in [0.2, 0.25) is 0 Å². The third-order valence-electron chi connectivity index (χ3n) is 1.72. The fourth-order valence-corrected chi connectivity index (χ4v) is 1.11. The molecule has 0 amide bonds. The molecule has 1 aromatic rings. The first-order valence-corrected chi connectivity index (χ1v) is 4.10. The lowest BCUT2D eigenvalue weighted by Gasteiger charge is -2.08. The molecule has 0 saturated heterocycles. The van der Waals surface area contributed by atoms with Gasteiger partial charge in [0.25, 0.3) is 0 Å². The molecule has 0 radical (unpaired) electrons. The van der Waals surface area contributed by atoms with Crippen LogP contribution in [-0.4, -0.2) is 18.0 Å². The van der Waals surface area contributed by atoms with E-state index in [-0.39, 0.29) is 5.75 Å². The van der Waals surface area contributed by atoms with Gasteiger partial charge in [0, 0.05) is 5.56 Å². The summed E-state index contributed by atoms with van der Waals surface area (Å²) in [6.07, 6.45) is 0.731. The minimum atomic E-state index is 0.104. The van der Waals surface area contributed by atoms with E-state index < -0.39 is 0 Å². The van der Waals surface area contributed by atoms with Crippen LogP contribution in [0.15, 0.2) is 12.1 Å². The smallest absolute Gasteiger partial charge is 0.161 e. The zero-order valence-corrected chi connectivity index (χ0v) is 7.70. The van der Waals surface area contributed by atoms with Crippen molar-refractivity contribution in [3.8, 4) is 11.5 Å². The fourth-order valence-electron chi connectivity index (χ4n) is 1.11. The SMILES string of the molecule is CCOc1cc(C=O)cc(C)c1O. The molecule has 13 heavy (non-hydrogen) atoms. The number of hydrogen-bond donors (Lipinski definition) is 1. The van der Waals surface area contributed by atoms with Gasteiger partial charge in [-0.2, -0.15) is 0 Å². The molecule has 0 aliphatic heterocycles. The van der Waals surface area contributed by atoms with E-state index in [9.17, 15) is 9.90 Å². The van der Waals surface area contributed by atoms with Gasteiger partial charge in [-0.25, -0.2) is 0 Å². The molecule has 0 atom stereocenters. The number of phenolic OH excluding ortho intramolecular Hbond substituents is 1. The zero-order chi connectivity index (χ0) is 9.84. The van der Waals surface area contributed by atoms with Gasteiger partial charge in [0.05, 0.1) is 6.61 Å². The molecule has 0 bridgehead atoms. The molecule has 70 valence electrons. The van der Waals surface area contributed by atoms with Gasteiger partial charge in [-0.05, 0) is 31.5 Å². The highest BCUT2D eigenvalue weighted by Crippen LogP contribution is 2.30. The third kappa shape index (κ3) is 1.99. The quantitative estimate of drug-likeness (QED) is 0.723. The Kier molecular flexibility index (Phi) is 2.90. The molecule has 0 spiro atoms. The highest BCUT2D eigenvalue weighted by molar-refractivity contribution is 5.77. The number of carbonyl (C=O) groups is 1. The number of benzene rings is 1. The Bertz CT molecular complexity index is 318. The molecule has 1 rings (SSSR count). The van der Waals surface area contributed by atoms with E-state index in [4.69, 9.17) is 4.74 Å². The molecule has 3 heteroatoms. The van der Waals surface area contributed by atoms with E-state index in [1.54, 1.807) is 13.0 Å². The molecule has 0 heterocycles. The van der Waals surface area contributed by atoms with Crippen LogP contribution in [0.5, 0.6) is 11.5 Å². The van der Waals surface area contributed by atoms with Crippen molar-refractivity contribution in [1.82, 2.24) is 0 Å². The van der Waals surface area contributed by atoms with Gasteiger partial charge in [-0.3, -0.25) is 4.79 Å². The molecule has 0 fully saturated rings. The number of phenols is 1. The van der Waals surface area contributed by atoms with Gasteiger partial charge in [0.15, 0.2) is 11.5 Å². The maximum absolute atomic E-state index is 10.5. The second-order valence-corrected chi connectivity index (χ2v) is 2.74. The largest absolute Gasteiger partial charge is 0.504 e. The first-order chi connectivity index (χ1) is 6.19. The van der Waals surface area contributed by atoms with Crippen molar-refractivity contribution in [3.05, 3.63) is 23.3 Å². The molecule has 3 nitrogen and oxygen atoms in total. The summed E-state index contributed by atoms with van der Waals surface area (Å²) in [4.78, 5) is 10.5. The van der Waals surface area contributed by atoms with Gasteiger partial charge < -0.3 is 9.84 Å². The highest BCUT2D eigenvalue weighted by atomic mass is 16.5. The predicted molar refractivity (Wildman–Crippen MR) is 49.4 cm³/mol. The number of hydrogen-bond acceptors (Lipinski definition) is 3. The van der Waals surface area contributed by atoms with Crippen LogP contribution in [0, 0.1) is 6.92 Å². The second kappa shape index (κ2) is 3.94. The Hall–Kier alpha value is -1.51. The summed E-state index contributed by atoms with van der Waals surface area (Å²) in [7, 11) is 0. The van der Waals surface area contributed by atoms with E-state index in [1.807, 2.05) is 6.92 Å². The lowest BCUT2D eigenvalue weighted by molar-refractivity contribution is 0.112. The van der Waals surface area contributed by atoms with Crippen molar-refractivity contribution < 1.29 is 14.6 Å². The summed E-state index contributed by atoms with van der Waals surface area (Å²) in [5, 5.41) is 9.51. The van der Waals surface area contributed by atoms with Crippen LogP contribution >= 0.6 is 0 Å². The van der Waals surface area contributed by atoms with Crippen molar-refractivity contribution in [2.24, 2.45) is 0 Å². The van der Waals surface area contributed by atoms with E-state index >= 15 is 0 Å². The van der Waals surface area contributed by atoms with E-state index in [1.165, 1.54) is 6.07 Å². The molecule has 0 unspecified atom stereocenters. The Labute approximate surface area is 77.0 Å². The number of rotatable bonds is 3. The van der Waals surface area contributed by atoms with Gasteiger partial charge >= 0.3 is 0 Å². The summed E-state index contributed by atoms with van der Waals surface area (Å²) >= 11 is 0. The van der Waals surface area contributed by atoms with Crippen molar-refractivity contribution in [3.63, 3.8) is 0 Å². The molecule has 0 aliphatic carbocycles. The summed E-state index contributed by atoms with van der Waals surface area (Å²) in [6, 6.07) is 3.14. The molecular formula is C10H12O3. The number of aldehydes is 1. The number of ether oxygens (including phenoxy) is 1. The van der Waals surface area contributed by atoms with Crippen molar-refractivity contribution in [2.75, 3.05) is 6.61 Å².